The molecule has 3 heterocycles. The van der Waals surface area contributed by atoms with Crippen molar-refractivity contribution in [3.63, 3.8) is 0 Å². The number of fused-ring (bicyclic) bond motifs is 2. The Balaban J connectivity index is 1.83. The van der Waals surface area contributed by atoms with Crippen LogP contribution in [0.3, 0.4) is 0 Å². The van der Waals surface area contributed by atoms with Gasteiger partial charge in [0.2, 0.25) is 0 Å². The zero-order chi connectivity index (χ0) is 19.3. The molecule has 0 aliphatic rings. The summed E-state index contributed by atoms with van der Waals surface area (Å²) in [6.07, 6.45) is 1.98. The van der Waals surface area contributed by atoms with Gasteiger partial charge in [-0.1, -0.05) is 54.1 Å². The summed E-state index contributed by atoms with van der Waals surface area (Å²) in [7, 11) is 2.00. The molecule has 6 nitrogen and oxygen atoms in total. The van der Waals surface area contributed by atoms with Gasteiger partial charge >= 0.3 is 0 Å². The minimum Gasteiger partial charge on any atom is -0.327 e. The molecule has 0 unspecified atom stereocenters. The van der Waals surface area contributed by atoms with E-state index in [1.165, 1.54) is 16.4 Å². The third-order valence-electron chi connectivity index (χ3n) is 4.66. The van der Waals surface area contributed by atoms with Crippen LogP contribution in [0.5, 0.6) is 0 Å². The molecular weight excluding hydrogens is 392 g/mol. The molecule has 0 saturated carbocycles. The van der Waals surface area contributed by atoms with Crippen LogP contribution in [0, 0.1) is 0 Å². The van der Waals surface area contributed by atoms with Gasteiger partial charge in [-0.15, -0.1) is 26.6 Å². The summed E-state index contributed by atoms with van der Waals surface area (Å²) >= 11 is 7.96. The molecule has 0 spiro atoms. The fraction of sp³-hybridized carbons (Fsp3) is 0.100. The molecule has 3 aromatic heterocycles. The Hall–Kier alpha value is -2.90. The highest BCUT2D eigenvalue weighted by molar-refractivity contribution is 7.98. The molecule has 2 aromatic carbocycles. The second kappa shape index (κ2) is 6.61. The Bertz CT molecular complexity index is 1330. The van der Waals surface area contributed by atoms with Gasteiger partial charge in [-0.2, -0.15) is 0 Å². The van der Waals surface area contributed by atoms with E-state index in [-0.39, 0.29) is 0 Å². The van der Waals surface area contributed by atoms with Crippen LogP contribution in [0.1, 0.15) is 0 Å². The second-order valence-electron chi connectivity index (χ2n) is 6.30. The zero-order valence-corrected chi connectivity index (χ0v) is 16.7. The van der Waals surface area contributed by atoms with Gasteiger partial charge < -0.3 is 4.57 Å². The van der Waals surface area contributed by atoms with E-state index in [9.17, 15) is 0 Å². The molecule has 0 N–H and O–H groups in total. The van der Waals surface area contributed by atoms with Gasteiger partial charge in [-0.05, 0) is 18.4 Å². The van der Waals surface area contributed by atoms with Gasteiger partial charge in [0.05, 0.1) is 16.6 Å². The predicted octanol–water partition coefficient (Wildman–Crippen LogP) is 4.72. The molecular formula is C20H15ClN6S. The number of rotatable bonds is 3. The van der Waals surface area contributed by atoms with Crippen LogP contribution in [0.25, 0.3) is 39.3 Å². The lowest BCUT2D eigenvalue weighted by molar-refractivity contribution is 0.757. The van der Waals surface area contributed by atoms with Crippen molar-refractivity contribution in [1.82, 2.24) is 29.4 Å². The normalized spacial score (nSPS) is 11.5. The number of nitrogens with zero attached hydrogens (tertiary/aromatic N) is 6. The van der Waals surface area contributed by atoms with E-state index in [2.05, 4.69) is 14.8 Å². The average molecular weight is 407 g/mol. The van der Waals surface area contributed by atoms with Gasteiger partial charge in [0.25, 0.3) is 0 Å². The topological polar surface area (TPSA) is 60.9 Å². The van der Waals surface area contributed by atoms with Crippen molar-refractivity contribution in [2.45, 2.75) is 5.03 Å². The lowest BCUT2D eigenvalue weighted by atomic mass is 10.2. The van der Waals surface area contributed by atoms with E-state index < -0.39 is 0 Å². The van der Waals surface area contributed by atoms with Crippen LogP contribution >= 0.6 is 23.4 Å². The first-order valence-electron chi connectivity index (χ1n) is 8.65. The van der Waals surface area contributed by atoms with Gasteiger partial charge in [0, 0.05) is 12.6 Å². The summed E-state index contributed by atoms with van der Waals surface area (Å²) in [5.74, 6) is 0.802. The van der Waals surface area contributed by atoms with Gasteiger partial charge in [0.1, 0.15) is 16.5 Å². The van der Waals surface area contributed by atoms with E-state index in [1.807, 2.05) is 67.9 Å². The maximum Gasteiger partial charge on any atom is 0.188 e. The first-order valence-corrected chi connectivity index (χ1v) is 10.3. The van der Waals surface area contributed by atoms with Gasteiger partial charge in [0.15, 0.2) is 10.8 Å². The molecule has 0 bridgehead atoms. The third kappa shape index (κ3) is 2.58. The molecule has 8 heteroatoms. The van der Waals surface area contributed by atoms with E-state index in [4.69, 9.17) is 21.6 Å². The smallest absolute Gasteiger partial charge is 0.188 e. The number of hydrogen-bond acceptors (Lipinski definition) is 5. The molecule has 0 saturated heterocycles. The Morgan fingerprint density at radius 1 is 0.929 bits per heavy atom. The Kier molecular flexibility index (Phi) is 4.07. The highest BCUT2D eigenvalue weighted by atomic mass is 35.5. The van der Waals surface area contributed by atoms with Crippen LogP contribution in [0.15, 0.2) is 59.6 Å². The van der Waals surface area contributed by atoms with Crippen molar-refractivity contribution < 1.29 is 0 Å². The fourth-order valence-corrected chi connectivity index (χ4v) is 4.09. The molecule has 0 radical (unpaired) electrons. The van der Waals surface area contributed by atoms with E-state index >= 15 is 0 Å². The lowest BCUT2D eigenvalue weighted by Crippen LogP contribution is -2.00. The van der Waals surface area contributed by atoms with Crippen LogP contribution in [0.2, 0.25) is 5.15 Å². The maximum absolute atomic E-state index is 6.42. The SMILES string of the molecule is CSc1nn2nc(Cl)c(-c3ccccc3)nc2c1-c1nc2ccccc2n1C. The minimum atomic E-state index is 0.311. The summed E-state index contributed by atoms with van der Waals surface area (Å²) in [6, 6.07) is 17.8. The molecule has 0 atom stereocenters. The molecule has 138 valence electrons. The number of hydrogen-bond donors (Lipinski definition) is 0. The highest BCUT2D eigenvalue weighted by Crippen LogP contribution is 2.35. The molecule has 5 rings (SSSR count). The van der Waals surface area contributed by atoms with Gasteiger partial charge in [-0.3, -0.25) is 0 Å². The fourth-order valence-electron chi connectivity index (χ4n) is 3.32. The minimum absolute atomic E-state index is 0.311. The van der Waals surface area contributed by atoms with Crippen LogP contribution in [-0.2, 0) is 7.05 Å². The Labute approximate surface area is 170 Å². The van der Waals surface area contributed by atoms with Crippen molar-refractivity contribution in [1.29, 1.82) is 0 Å². The molecule has 0 amide bonds. The number of para-hydroxylation sites is 2. The van der Waals surface area contributed by atoms with E-state index in [0.717, 1.165) is 33.0 Å². The molecule has 5 aromatic rings. The van der Waals surface area contributed by atoms with Crippen molar-refractivity contribution >= 4 is 40.0 Å². The second-order valence-corrected chi connectivity index (χ2v) is 7.45. The number of halogens is 1. The number of imidazole rings is 1. The van der Waals surface area contributed by atoms with Crippen molar-refractivity contribution in [2.24, 2.45) is 7.05 Å². The van der Waals surface area contributed by atoms with Crippen molar-refractivity contribution in [3.8, 4) is 22.6 Å². The monoisotopic (exact) mass is 406 g/mol. The molecule has 0 aliphatic heterocycles. The first kappa shape index (κ1) is 17.2. The molecule has 28 heavy (non-hydrogen) atoms. The number of aryl methyl sites for hydroxylation is 1. The van der Waals surface area contributed by atoms with Crippen molar-refractivity contribution in [2.75, 3.05) is 6.26 Å². The number of thioether (sulfide) groups is 1. The molecule has 0 fully saturated rings. The van der Waals surface area contributed by atoms with Gasteiger partial charge in [-0.25, -0.2) is 9.97 Å². The van der Waals surface area contributed by atoms with E-state index in [1.54, 1.807) is 0 Å². The van der Waals surface area contributed by atoms with Crippen LogP contribution in [-0.4, -0.2) is 35.6 Å². The lowest BCUT2D eigenvalue weighted by Gasteiger charge is -2.05. The maximum atomic E-state index is 6.42. The standard InChI is InChI=1S/C20H15ClN6S/c1-26-14-11-7-6-10-13(14)22-18(26)15-19-23-16(12-8-4-3-5-9-12)17(21)24-27(19)25-20(15)28-2/h3-11H,1-2H3. The average Bonchev–Trinajstić information content (AvgIpc) is 3.25. The quantitative estimate of drug-likeness (QED) is 0.406. The van der Waals surface area contributed by atoms with E-state index in [0.29, 0.717) is 16.5 Å². The summed E-state index contributed by atoms with van der Waals surface area (Å²) < 4.78 is 3.56. The summed E-state index contributed by atoms with van der Waals surface area (Å²) in [5, 5.41) is 10.1. The van der Waals surface area contributed by atoms with Crippen LogP contribution < -0.4 is 0 Å². The Morgan fingerprint density at radius 2 is 1.68 bits per heavy atom. The number of aromatic nitrogens is 6. The molecule has 0 aliphatic carbocycles. The number of benzene rings is 2. The summed E-state index contributed by atoms with van der Waals surface area (Å²) in [4.78, 5) is 9.67. The van der Waals surface area contributed by atoms with Crippen LogP contribution in [0.4, 0.5) is 0 Å². The predicted molar refractivity (Wildman–Crippen MR) is 113 cm³/mol. The third-order valence-corrected chi connectivity index (χ3v) is 5.59. The first-order chi connectivity index (χ1) is 13.7. The largest absolute Gasteiger partial charge is 0.327 e. The summed E-state index contributed by atoms with van der Waals surface area (Å²) in [6.45, 7) is 0. The highest BCUT2D eigenvalue weighted by Gasteiger charge is 2.23. The zero-order valence-electron chi connectivity index (χ0n) is 15.2. The van der Waals surface area contributed by atoms with Crippen molar-refractivity contribution in [3.05, 3.63) is 59.8 Å². The summed E-state index contributed by atoms with van der Waals surface area (Å²) in [5.41, 5.74) is 5.00. The Morgan fingerprint density at radius 3 is 2.43 bits per heavy atom.